The van der Waals surface area contributed by atoms with Crippen LogP contribution in [0, 0.1) is 0 Å². The maximum absolute atomic E-state index is 10.9. The molecule has 0 bridgehead atoms. The highest BCUT2D eigenvalue weighted by Crippen LogP contribution is 2.29. The number of nitrogens with one attached hydrogen (secondary N) is 1. The minimum atomic E-state index is -3.46. The fourth-order valence-corrected chi connectivity index (χ4v) is 2.25. The Morgan fingerprint density at radius 1 is 1.31 bits per heavy atom. The molecule has 8 heteroatoms. The highest BCUT2D eigenvalue weighted by molar-refractivity contribution is 7.92. The fourth-order valence-electron chi connectivity index (χ4n) is 1.05. The lowest BCUT2D eigenvalue weighted by atomic mass is 10.2. The number of hydrogen-bond donors (Lipinski definition) is 2. The molecule has 1 aromatic carbocycles. The van der Waals surface area contributed by atoms with Crippen LogP contribution in [0.25, 0.3) is 0 Å². The summed E-state index contributed by atoms with van der Waals surface area (Å²) in [6, 6.07) is 2.36. The third-order valence-electron chi connectivity index (χ3n) is 1.56. The van der Waals surface area contributed by atoms with Crippen molar-refractivity contribution in [2.24, 2.45) is 0 Å². The van der Waals surface area contributed by atoms with E-state index in [9.17, 15) is 13.2 Å². The van der Waals surface area contributed by atoms with Crippen LogP contribution in [0.15, 0.2) is 12.1 Å². The predicted octanol–water partition coefficient (Wildman–Crippen LogP) is 2.06. The van der Waals surface area contributed by atoms with Crippen LogP contribution < -0.4 is 4.72 Å². The summed E-state index contributed by atoms with van der Waals surface area (Å²) >= 11 is 11.3. The quantitative estimate of drug-likeness (QED) is 0.889. The molecule has 88 valence electrons. The van der Waals surface area contributed by atoms with E-state index in [1.807, 2.05) is 0 Å². The van der Waals surface area contributed by atoms with E-state index < -0.39 is 16.0 Å². The van der Waals surface area contributed by atoms with Gasteiger partial charge in [-0.1, -0.05) is 23.2 Å². The first-order valence-corrected chi connectivity index (χ1v) is 6.55. The number of carboxylic acids is 1. The van der Waals surface area contributed by atoms with Gasteiger partial charge in [0.05, 0.1) is 27.6 Å². The van der Waals surface area contributed by atoms with Crippen molar-refractivity contribution in [2.75, 3.05) is 11.0 Å². The minimum Gasteiger partial charge on any atom is -0.478 e. The van der Waals surface area contributed by atoms with Gasteiger partial charge >= 0.3 is 5.97 Å². The van der Waals surface area contributed by atoms with Crippen molar-refractivity contribution in [3.8, 4) is 0 Å². The Kier molecular flexibility index (Phi) is 3.67. The number of aromatic carboxylic acids is 1. The smallest absolute Gasteiger partial charge is 0.338 e. The molecule has 0 aliphatic heterocycles. The van der Waals surface area contributed by atoms with E-state index in [4.69, 9.17) is 28.3 Å². The standard InChI is InChI=1S/C8H7Cl2NO4S/c1-16(14,15)11-4-2-5(9)7(8(12)13)6(10)3-4/h2-3,11H,1H3,(H,12,13). The molecule has 0 aliphatic rings. The van der Waals surface area contributed by atoms with E-state index in [-0.39, 0.29) is 21.3 Å². The molecule has 0 aromatic heterocycles. The van der Waals surface area contributed by atoms with Gasteiger partial charge in [-0.3, -0.25) is 4.72 Å². The number of benzene rings is 1. The summed E-state index contributed by atoms with van der Waals surface area (Å²) in [6.07, 6.45) is 0.958. The molecule has 0 unspecified atom stereocenters. The normalized spacial score (nSPS) is 11.2. The zero-order valence-corrected chi connectivity index (χ0v) is 10.3. The lowest BCUT2D eigenvalue weighted by Gasteiger charge is -2.07. The zero-order chi connectivity index (χ0) is 12.5. The Morgan fingerprint density at radius 2 is 1.75 bits per heavy atom. The van der Waals surface area contributed by atoms with Gasteiger partial charge in [0.2, 0.25) is 10.0 Å². The van der Waals surface area contributed by atoms with Crippen molar-refractivity contribution in [1.82, 2.24) is 0 Å². The second kappa shape index (κ2) is 4.48. The van der Waals surface area contributed by atoms with Crippen LogP contribution in [0.5, 0.6) is 0 Å². The summed E-state index contributed by atoms with van der Waals surface area (Å²) in [4.78, 5) is 10.7. The maximum atomic E-state index is 10.9. The molecule has 1 rings (SSSR count). The number of sulfonamides is 1. The van der Waals surface area contributed by atoms with E-state index in [0.29, 0.717) is 0 Å². The zero-order valence-electron chi connectivity index (χ0n) is 7.99. The number of carbonyl (C=O) groups is 1. The van der Waals surface area contributed by atoms with Gasteiger partial charge in [0.1, 0.15) is 0 Å². The molecule has 0 aliphatic carbocycles. The summed E-state index contributed by atoms with van der Waals surface area (Å²) in [5.74, 6) is -1.28. The number of rotatable bonds is 3. The second-order valence-electron chi connectivity index (χ2n) is 2.99. The van der Waals surface area contributed by atoms with E-state index >= 15 is 0 Å². The molecule has 0 atom stereocenters. The monoisotopic (exact) mass is 283 g/mol. The van der Waals surface area contributed by atoms with Crippen molar-refractivity contribution >= 4 is 44.9 Å². The summed E-state index contributed by atoms with van der Waals surface area (Å²) in [5.41, 5.74) is -0.148. The van der Waals surface area contributed by atoms with E-state index in [1.165, 1.54) is 12.1 Å². The van der Waals surface area contributed by atoms with Gasteiger partial charge < -0.3 is 5.11 Å². The molecule has 0 fully saturated rings. The van der Waals surface area contributed by atoms with E-state index in [0.717, 1.165) is 6.26 Å². The van der Waals surface area contributed by atoms with E-state index in [1.54, 1.807) is 0 Å². The van der Waals surface area contributed by atoms with Gasteiger partial charge in [-0.2, -0.15) is 0 Å². The lowest BCUT2D eigenvalue weighted by molar-refractivity contribution is 0.0697. The number of anilines is 1. The molecule has 0 radical (unpaired) electrons. The first-order chi connectivity index (χ1) is 7.20. The molecule has 0 spiro atoms. The van der Waals surface area contributed by atoms with Crippen LogP contribution in [-0.4, -0.2) is 25.7 Å². The number of halogens is 2. The maximum Gasteiger partial charge on any atom is 0.338 e. The molecule has 2 N–H and O–H groups in total. The number of hydrogen-bond acceptors (Lipinski definition) is 3. The molecular formula is C8H7Cl2NO4S. The molecule has 16 heavy (non-hydrogen) atoms. The first-order valence-electron chi connectivity index (χ1n) is 3.91. The van der Waals surface area contributed by atoms with Crippen molar-refractivity contribution < 1.29 is 18.3 Å². The SMILES string of the molecule is CS(=O)(=O)Nc1cc(Cl)c(C(=O)O)c(Cl)c1. The molecule has 0 amide bonds. The third-order valence-corrected chi connectivity index (χ3v) is 2.76. The Balaban J connectivity index is 3.25. The van der Waals surface area contributed by atoms with Crippen LogP contribution in [-0.2, 0) is 10.0 Å². The predicted molar refractivity (Wildman–Crippen MR) is 61.9 cm³/mol. The van der Waals surface area contributed by atoms with Gasteiger partial charge in [-0.05, 0) is 12.1 Å². The van der Waals surface area contributed by atoms with Gasteiger partial charge in [0.25, 0.3) is 0 Å². The Morgan fingerprint density at radius 3 is 2.06 bits per heavy atom. The fraction of sp³-hybridized carbons (Fsp3) is 0.125. The lowest BCUT2D eigenvalue weighted by Crippen LogP contribution is -2.10. The van der Waals surface area contributed by atoms with E-state index in [2.05, 4.69) is 4.72 Å². The molecule has 0 saturated carbocycles. The van der Waals surface area contributed by atoms with Crippen LogP contribution in [0.3, 0.4) is 0 Å². The Bertz CT molecular complexity index is 518. The Labute approximate surface area is 102 Å². The van der Waals surface area contributed by atoms with Gasteiger partial charge in [0.15, 0.2) is 0 Å². The van der Waals surface area contributed by atoms with Gasteiger partial charge in [-0.15, -0.1) is 0 Å². The molecule has 0 saturated heterocycles. The summed E-state index contributed by atoms with van der Waals surface area (Å²) in [7, 11) is -3.46. The summed E-state index contributed by atoms with van der Waals surface area (Å²) in [6.45, 7) is 0. The minimum absolute atomic E-state index is 0.113. The van der Waals surface area contributed by atoms with Crippen LogP contribution in [0.4, 0.5) is 5.69 Å². The highest BCUT2D eigenvalue weighted by Gasteiger charge is 2.15. The van der Waals surface area contributed by atoms with Crippen molar-refractivity contribution in [2.45, 2.75) is 0 Å². The Hall–Kier alpha value is -0.980. The van der Waals surface area contributed by atoms with Crippen molar-refractivity contribution in [3.05, 3.63) is 27.7 Å². The van der Waals surface area contributed by atoms with Gasteiger partial charge in [0, 0.05) is 0 Å². The number of carboxylic acid groups (broad SMARTS) is 1. The molecule has 1 aromatic rings. The summed E-state index contributed by atoms with van der Waals surface area (Å²) < 4.78 is 24.0. The largest absolute Gasteiger partial charge is 0.478 e. The van der Waals surface area contributed by atoms with Crippen LogP contribution in [0.1, 0.15) is 10.4 Å². The van der Waals surface area contributed by atoms with Crippen LogP contribution in [0.2, 0.25) is 10.0 Å². The molecule has 0 heterocycles. The van der Waals surface area contributed by atoms with Gasteiger partial charge in [-0.25, -0.2) is 13.2 Å². The topological polar surface area (TPSA) is 83.5 Å². The molecule has 5 nitrogen and oxygen atoms in total. The second-order valence-corrected chi connectivity index (χ2v) is 5.56. The van der Waals surface area contributed by atoms with Crippen molar-refractivity contribution in [1.29, 1.82) is 0 Å². The third kappa shape index (κ3) is 3.26. The first kappa shape index (κ1) is 13.1. The average Bonchev–Trinajstić information content (AvgIpc) is 1.96. The average molecular weight is 284 g/mol. The summed E-state index contributed by atoms with van der Waals surface area (Å²) in [5, 5.41) is 8.50. The highest BCUT2D eigenvalue weighted by atomic mass is 35.5. The van der Waals surface area contributed by atoms with Crippen molar-refractivity contribution in [3.63, 3.8) is 0 Å². The molecular weight excluding hydrogens is 277 g/mol. The van der Waals surface area contributed by atoms with Crippen LogP contribution >= 0.6 is 23.2 Å².